The third-order valence-corrected chi connectivity index (χ3v) is 5.25. The molecule has 0 aliphatic carbocycles. The second-order valence-corrected chi connectivity index (χ2v) is 7.78. The number of alkyl halides is 3. The third kappa shape index (κ3) is 6.55. The molecular weight excluding hydrogens is 413 g/mol. The van der Waals surface area contributed by atoms with Gasteiger partial charge < -0.3 is 9.84 Å². The van der Waals surface area contributed by atoms with Crippen molar-refractivity contribution in [2.45, 2.75) is 32.3 Å². The maximum atomic E-state index is 12.6. The molecule has 2 aromatic carbocycles. The number of nitrogens with zero attached hydrogens (tertiary/aromatic N) is 2. The molecule has 0 radical (unpaired) electrons. The van der Waals surface area contributed by atoms with E-state index in [1.165, 1.54) is 23.5 Å². The molecule has 0 saturated carbocycles. The molecule has 0 saturated heterocycles. The maximum absolute atomic E-state index is 12.6. The first kappa shape index (κ1) is 22.3. The number of aliphatic hydroxyl groups excluding tert-OH is 1. The lowest BCUT2D eigenvalue weighted by atomic mass is 10.1. The summed E-state index contributed by atoms with van der Waals surface area (Å²) in [6.07, 6.45) is -5.20. The Hall–Kier alpha value is -2.42. The van der Waals surface area contributed by atoms with Crippen molar-refractivity contribution in [3.63, 3.8) is 0 Å². The number of rotatable bonds is 9. The lowest BCUT2D eigenvalue weighted by Crippen LogP contribution is -2.35. The summed E-state index contributed by atoms with van der Waals surface area (Å²) in [5, 5.41) is 12.4. The molecule has 4 nitrogen and oxygen atoms in total. The van der Waals surface area contributed by atoms with E-state index in [1.54, 1.807) is 5.51 Å². The minimum Gasteiger partial charge on any atom is -0.491 e. The average molecular weight is 436 g/mol. The molecule has 0 aliphatic heterocycles. The zero-order valence-corrected chi connectivity index (χ0v) is 17.3. The highest BCUT2D eigenvalue weighted by Gasteiger charge is 2.30. The van der Waals surface area contributed by atoms with Crippen molar-refractivity contribution in [3.05, 3.63) is 81.8 Å². The van der Waals surface area contributed by atoms with Gasteiger partial charge in [-0.3, -0.25) is 4.90 Å². The average Bonchev–Trinajstić information content (AvgIpc) is 3.21. The van der Waals surface area contributed by atoms with Gasteiger partial charge in [-0.25, -0.2) is 4.98 Å². The van der Waals surface area contributed by atoms with Crippen LogP contribution in [0, 0.1) is 6.92 Å². The van der Waals surface area contributed by atoms with Crippen LogP contribution in [0.15, 0.2) is 59.4 Å². The second kappa shape index (κ2) is 10.1. The maximum Gasteiger partial charge on any atom is 0.416 e. The summed E-state index contributed by atoms with van der Waals surface area (Å²) < 4.78 is 43.4. The molecule has 1 unspecified atom stereocenters. The summed E-state index contributed by atoms with van der Waals surface area (Å²) in [7, 11) is 0. The number of hydrogen-bond donors (Lipinski definition) is 1. The van der Waals surface area contributed by atoms with Gasteiger partial charge in [-0.1, -0.05) is 24.3 Å². The Labute approximate surface area is 177 Å². The number of aryl methyl sites for hydroxylation is 1. The number of benzene rings is 2. The molecule has 0 fully saturated rings. The molecule has 3 aromatic rings. The van der Waals surface area contributed by atoms with Gasteiger partial charge in [0.05, 0.1) is 16.8 Å². The summed E-state index contributed by atoms with van der Waals surface area (Å²) in [4.78, 5) is 6.40. The Morgan fingerprint density at radius 1 is 1.10 bits per heavy atom. The van der Waals surface area contributed by atoms with Crippen molar-refractivity contribution in [2.24, 2.45) is 0 Å². The second-order valence-electron chi connectivity index (χ2n) is 7.06. The number of thiazole rings is 1. The van der Waals surface area contributed by atoms with Crippen LogP contribution in [-0.4, -0.2) is 34.2 Å². The number of aromatic nitrogens is 1. The van der Waals surface area contributed by atoms with Crippen LogP contribution in [0.5, 0.6) is 5.75 Å². The highest BCUT2D eigenvalue weighted by atomic mass is 32.1. The molecule has 30 heavy (non-hydrogen) atoms. The van der Waals surface area contributed by atoms with Gasteiger partial charge >= 0.3 is 6.18 Å². The Bertz CT molecular complexity index is 915. The van der Waals surface area contributed by atoms with Gasteiger partial charge in [0.25, 0.3) is 0 Å². The number of hydrogen-bond acceptors (Lipinski definition) is 5. The van der Waals surface area contributed by atoms with Crippen LogP contribution in [0.3, 0.4) is 0 Å². The van der Waals surface area contributed by atoms with Crippen molar-refractivity contribution in [1.82, 2.24) is 9.88 Å². The van der Waals surface area contributed by atoms with Crippen LogP contribution < -0.4 is 4.74 Å². The molecule has 0 aliphatic rings. The smallest absolute Gasteiger partial charge is 0.416 e. The van der Waals surface area contributed by atoms with Crippen molar-refractivity contribution < 1.29 is 23.0 Å². The predicted molar refractivity (Wildman–Crippen MR) is 110 cm³/mol. The summed E-state index contributed by atoms with van der Waals surface area (Å²) in [6.45, 7) is 3.58. The van der Waals surface area contributed by atoms with Gasteiger partial charge in [0.1, 0.15) is 18.5 Å². The lowest BCUT2D eigenvalue weighted by molar-refractivity contribution is -0.137. The van der Waals surface area contributed by atoms with E-state index >= 15 is 0 Å². The molecule has 1 atom stereocenters. The Kier molecular flexibility index (Phi) is 7.47. The van der Waals surface area contributed by atoms with Gasteiger partial charge in [0, 0.05) is 25.0 Å². The Morgan fingerprint density at radius 2 is 1.83 bits per heavy atom. The lowest BCUT2D eigenvalue weighted by Gasteiger charge is -2.25. The Morgan fingerprint density at radius 3 is 2.47 bits per heavy atom. The fraction of sp³-hybridized carbons (Fsp3) is 0.318. The zero-order valence-electron chi connectivity index (χ0n) is 16.5. The molecule has 8 heteroatoms. The molecular formula is C22H23F3N2O2S. The third-order valence-electron chi connectivity index (χ3n) is 4.62. The van der Waals surface area contributed by atoms with Crippen molar-refractivity contribution in [2.75, 3.05) is 13.2 Å². The van der Waals surface area contributed by atoms with Crippen LogP contribution in [0.4, 0.5) is 13.2 Å². The van der Waals surface area contributed by atoms with Crippen LogP contribution in [0.2, 0.25) is 0 Å². The largest absolute Gasteiger partial charge is 0.491 e. The zero-order chi connectivity index (χ0) is 21.6. The Balaban J connectivity index is 1.59. The fourth-order valence-corrected chi connectivity index (χ4v) is 3.59. The quantitative estimate of drug-likeness (QED) is 0.518. The fourth-order valence-electron chi connectivity index (χ4n) is 3.04. The van der Waals surface area contributed by atoms with Crippen molar-refractivity contribution >= 4 is 11.3 Å². The summed E-state index contributed by atoms with van der Waals surface area (Å²) >= 11 is 1.52. The number of halogens is 3. The summed E-state index contributed by atoms with van der Waals surface area (Å²) in [5.74, 6) is 0.284. The monoisotopic (exact) mass is 436 g/mol. The van der Waals surface area contributed by atoms with Gasteiger partial charge in [-0.15, -0.1) is 11.3 Å². The van der Waals surface area contributed by atoms with Crippen molar-refractivity contribution in [1.29, 1.82) is 0 Å². The van der Waals surface area contributed by atoms with E-state index in [4.69, 9.17) is 4.74 Å². The summed E-state index contributed by atoms with van der Waals surface area (Å²) in [6, 6.07) is 12.5. The molecule has 1 N–H and O–H groups in total. The molecule has 1 heterocycles. The first-order valence-corrected chi connectivity index (χ1v) is 10.4. The van der Waals surface area contributed by atoms with E-state index in [0.717, 1.165) is 29.0 Å². The van der Waals surface area contributed by atoms with Gasteiger partial charge in [-0.2, -0.15) is 13.2 Å². The molecule has 160 valence electrons. The topological polar surface area (TPSA) is 45.6 Å². The van der Waals surface area contributed by atoms with Crippen LogP contribution in [0.25, 0.3) is 0 Å². The van der Waals surface area contributed by atoms with E-state index in [0.29, 0.717) is 19.6 Å². The normalized spacial score (nSPS) is 12.9. The molecule has 3 rings (SSSR count). The first-order valence-electron chi connectivity index (χ1n) is 9.43. The minimum atomic E-state index is -4.39. The molecule has 0 spiro atoms. The van der Waals surface area contributed by atoms with E-state index in [9.17, 15) is 18.3 Å². The SMILES string of the molecule is Cc1ccccc1CN(Cc1cscn1)CC(O)COc1ccc(C(F)(F)F)cc1. The van der Waals surface area contributed by atoms with Gasteiger partial charge in [0.2, 0.25) is 0 Å². The number of aliphatic hydroxyl groups is 1. The van der Waals surface area contributed by atoms with E-state index in [-0.39, 0.29) is 12.4 Å². The minimum absolute atomic E-state index is 0.0211. The van der Waals surface area contributed by atoms with Crippen LogP contribution >= 0.6 is 11.3 Å². The van der Waals surface area contributed by atoms with E-state index in [2.05, 4.69) is 16.0 Å². The van der Waals surface area contributed by atoms with Gasteiger partial charge in [-0.05, 0) is 42.3 Å². The highest BCUT2D eigenvalue weighted by Crippen LogP contribution is 2.30. The molecule has 0 amide bonds. The number of ether oxygens (including phenoxy) is 1. The van der Waals surface area contributed by atoms with Crippen LogP contribution in [0.1, 0.15) is 22.4 Å². The van der Waals surface area contributed by atoms with E-state index in [1.807, 2.05) is 30.5 Å². The van der Waals surface area contributed by atoms with Crippen LogP contribution in [-0.2, 0) is 19.3 Å². The molecule has 1 aromatic heterocycles. The molecule has 0 bridgehead atoms. The summed E-state index contributed by atoms with van der Waals surface area (Å²) in [5.41, 5.74) is 4.28. The first-order chi connectivity index (χ1) is 14.3. The van der Waals surface area contributed by atoms with Gasteiger partial charge in [0.15, 0.2) is 0 Å². The standard InChI is InChI=1S/C22H23F3N2O2S/c1-16-4-2-3-5-17(16)10-27(11-19-14-30-15-26-19)12-20(28)13-29-21-8-6-18(7-9-21)22(23,24)25/h2-9,14-15,20,28H,10-13H2,1H3. The van der Waals surface area contributed by atoms with Crippen molar-refractivity contribution in [3.8, 4) is 5.75 Å². The predicted octanol–water partition coefficient (Wildman–Crippen LogP) is 4.91. The van der Waals surface area contributed by atoms with E-state index < -0.39 is 17.8 Å². The highest BCUT2D eigenvalue weighted by molar-refractivity contribution is 7.07.